The number of benzene rings is 1. The molecule has 0 aliphatic heterocycles. The lowest BCUT2D eigenvalue weighted by Crippen LogP contribution is -2.40. The average molecular weight is 411 g/mol. The SMILES string of the molecule is CCCCCOc1ccc(C2(C(=O)O)CCC(CCCCC)CC2)c(C#N)c1C#N. The first-order valence-corrected chi connectivity index (χ1v) is 11.4. The first kappa shape index (κ1) is 23.7. The van der Waals surface area contributed by atoms with E-state index in [9.17, 15) is 20.4 Å². The maximum atomic E-state index is 12.4. The molecule has 1 aromatic carbocycles. The Morgan fingerprint density at radius 2 is 1.70 bits per heavy atom. The van der Waals surface area contributed by atoms with Crippen LogP contribution in [0.1, 0.15) is 101 Å². The van der Waals surface area contributed by atoms with E-state index in [0.717, 1.165) is 38.5 Å². The maximum absolute atomic E-state index is 12.4. The number of nitriles is 2. The van der Waals surface area contributed by atoms with Gasteiger partial charge in [0.15, 0.2) is 0 Å². The van der Waals surface area contributed by atoms with Crippen molar-refractivity contribution in [3.8, 4) is 17.9 Å². The molecular weight excluding hydrogens is 376 g/mol. The molecule has 0 bridgehead atoms. The van der Waals surface area contributed by atoms with Gasteiger partial charge >= 0.3 is 5.97 Å². The van der Waals surface area contributed by atoms with Gasteiger partial charge in [-0.15, -0.1) is 0 Å². The molecule has 2 rings (SSSR count). The summed E-state index contributed by atoms with van der Waals surface area (Å²) in [6.07, 6.45) is 10.4. The van der Waals surface area contributed by atoms with Crippen LogP contribution in [-0.2, 0) is 10.2 Å². The van der Waals surface area contributed by atoms with Crippen LogP contribution in [0.2, 0.25) is 0 Å². The van der Waals surface area contributed by atoms with Crippen molar-refractivity contribution in [3.05, 3.63) is 28.8 Å². The van der Waals surface area contributed by atoms with Gasteiger partial charge in [-0.2, -0.15) is 10.5 Å². The Labute approximate surface area is 180 Å². The molecule has 30 heavy (non-hydrogen) atoms. The van der Waals surface area contributed by atoms with E-state index >= 15 is 0 Å². The molecule has 162 valence electrons. The minimum absolute atomic E-state index is 0.164. The lowest BCUT2D eigenvalue weighted by molar-refractivity contribution is -0.145. The van der Waals surface area contributed by atoms with Crippen molar-refractivity contribution in [1.82, 2.24) is 0 Å². The fraction of sp³-hybridized carbons (Fsp3) is 0.640. The smallest absolute Gasteiger partial charge is 0.314 e. The van der Waals surface area contributed by atoms with Crippen LogP contribution in [-0.4, -0.2) is 17.7 Å². The summed E-state index contributed by atoms with van der Waals surface area (Å²) >= 11 is 0. The van der Waals surface area contributed by atoms with E-state index in [2.05, 4.69) is 26.0 Å². The van der Waals surface area contributed by atoms with E-state index in [-0.39, 0.29) is 11.1 Å². The van der Waals surface area contributed by atoms with E-state index in [0.29, 0.717) is 36.7 Å². The zero-order valence-electron chi connectivity index (χ0n) is 18.4. The van der Waals surface area contributed by atoms with Crippen LogP contribution in [0, 0.1) is 28.6 Å². The molecule has 0 saturated heterocycles. The van der Waals surface area contributed by atoms with E-state index in [4.69, 9.17) is 4.74 Å². The fourth-order valence-corrected chi connectivity index (χ4v) is 4.60. The number of carbonyl (C=O) groups is 1. The summed E-state index contributed by atoms with van der Waals surface area (Å²) in [5.74, 6) is 0.0281. The number of unbranched alkanes of at least 4 members (excludes halogenated alkanes) is 4. The lowest BCUT2D eigenvalue weighted by Gasteiger charge is -2.38. The second kappa shape index (κ2) is 11.6. The highest BCUT2D eigenvalue weighted by Gasteiger charge is 2.45. The summed E-state index contributed by atoms with van der Waals surface area (Å²) in [5.41, 5.74) is -0.296. The van der Waals surface area contributed by atoms with Crippen molar-refractivity contribution < 1.29 is 14.6 Å². The summed E-state index contributed by atoms with van der Waals surface area (Å²) in [6.45, 7) is 4.77. The minimum atomic E-state index is -1.10. The molecule has 0 aromatic heterocycles. The number of hydrogen-bond acceptors (Lipinski definition) is 4. The minimum Gasteiger partial charge on any atom is -0.492 e. The first-order valence-electron chi connectivity index (χ1n) is 11.4. The molecule has 0 heterocycles. The molecule has 0 atom stereocenters. The molecule has 0 unspecified atom stereocenters. The Morgan fingerprint density at radius 1 is 1.07 bits per heavy atom. The molecular formula is C25H34N2O3. The van der Waals surface area contributed by atoms with Gasteiger partial charge in [0.2, 0.25) is 0 Å². The highest BCUT2D eigenvalue weighted by Crippen LogP contribution is 2.45. The Kier molecular flexibility index (Phi) is 9.18. The van der Waals surface area contributed by atoms with Gasteiger partial charge in [-0.25, -0.2) is 0 Å². The molecule has 0 radical (unpaired) electrons. The Bertz CT molecular complexity index is 796. The third kappa shape index (κ3) is 5.33. The lowest BCUT2D eigenvalue weighted by atomic mass is 9.64. The zero-order chi connectivity index (χ0) is 22.0. The van der Waals surface area contributed by atoms with E-state index in [1.807, 2.05) is 0 Å². The number of rotatable bonds is 11. The Morgan fingerprint density at radius 3 is 2.27 bits per heavy atom. The van der Waals surface area contributed by atoms with Gasteiger partial charge in [0.1, 0.15) is 23.5 Å². The zero-order valence-corrected chi connectivity index (χ0v) is 18.4. The molecule has 5 nitrogen and oxygen atoms in total. The predicted molar refractivity (Wildman–Crippen MR) is 116 cm³/mol. The van der Waals surface area contributed by atoms with Crippen LogP contribution < -0.4 is 4.74 Å². The Hall–Kier alpha value is -2.53. The summed E-state index contributed by atoms with van der Waals surface area (Å²) in [6, 6.07) is 7.60. The molecule has 1 saturated carbocycles. The van der Waals surface area contributed by atoms with Crippen LogP contribution >= 0.6 is 0 Å². The average Bonchev–Trinajstić information content (AvgIpc) is 2.76. The number of ether oxygens (including phenoxy) is 1. The van der Waals surface area contributed by atoms with Gasteiger partial charge in [-0.1, -0.05) is 58.4 Å². The molecule has 5 heteroatoms. The number of aliphatic carboxylic acids is 1. The first-order chi connectivity index (χ1) is 14.5. The molecule has 0 amide bonds. The Balaban J connectivity index is 2.30. The number of carboxylic acids is 1. The van der Waals surface area contributed by atoms with Gasteiger partial charge in [0.25, 0.3) is 0 Å². The summed E-state index contributed by atoms with van der Waals surface area (Å²) in [4.78, 5) is 12.4. The van der Waals surface area contributed by atoms with Crippen molar-refractivity contribution in [2.45, 2.75) is 89.9 Å². The fourth-order valence-electron chi connectivity index (χ4n) is 4.60. The third-order valence-corrected chi connectivity index (χ3v) is 6.50. The van der Waals surface area contributed by atoms with Crippen LogP contribution in [0.15, 0.2) is 12.1 Å². The molecule has 1 N–H and O–H groups in total. The van der Waals surface area contributed by atoms with Gasteiger partial charge in [-0.3, -0.25) is 4.79 Å². The third-order valence-electron chi connectivity index (χ3n) is 6.50. The van der Waals surface area contributed by atoms with E-state index in [1.54, 1.807) is 12.1 Å². The van der Waals surface area contributed by atoms with E-state index in [1.165, 1.54) is 19.3 Å². The number of nitrogens with zero attached hydrogens (tertiary/aromatic N) is 2. The van der Waals surface area contributed by atoms with Crippen molar-refractivity contribution in [3.63, 3.8) is 0 Å². The normalized spacial score (nSPS) is 20.9. The van der Waals surface area contributed by atoms with Crippen LogP contribution in [0.3, 0.4) is 0 Å². The van der Waals surface area contributed by atoms with Gasteiger partial charge in [0, 0.05) is 0 Å². The van der Waals surface area contributed by atoms with Gasteiger partial charge in [-0.05, 0) is 49.7 Å². The summed E-state index contributed by atoms with van der Waals surface area (Å²) in [5, 5.41) is 29.7. The number of hydrogen-bond donors (Lipinski definition) is 1. The molecule has 1 aromatic rings. The highest BCUT2D eigenvalue weighted by atomic mass is 16.5. The van der Waals surface area contributed by atoms with Crippen LogP contribution in [0.25, 0.3) is 0 Å². The highest BCUT2D eigenvalue weighted by molar-refractivity contribution is 5.83. The molecule has 1 aliphatic carbocycles. The summed E-state index contributed by atoms with van der Waals surface area (Å²) in [7, 11) is 0. The van der Waals surface area contributed by atoms with Crippen molar-refractivity contribution in [1.29, 1.82) is 10.5 Å². The van der Waals surface area contributed by atoms with Crippen LogP contribution in [0.5, 0.6) is 5.75 Å². The molecule has 1 aliphatic rings. The molecule has 1 fully saturated rings. The quantitative estimate of drug-likeness (QED) is 0.445. The second-order valence-corrected chi connectivity index (χ2v) is 8.47. The van der Waals surface area contributed by atoms with Gasteiger partial charge in [0.05, 0.1) is 17.6 Å². The van der Waals surface area contributed by atoms with Gasteiger partial charge < -0.3 is 9.84 Å². The second-order valence-electron chi connectivity index (χ2n) is 8.47. The topological polar surface area (TPSA) is 94.1 Å². The monoisotopic (exact) mass is 410 g/mol. The van der Waals surface area contributed by atoms with Crippen molar-refractivity contribution >= 4 is 5.97 Å². The number of carboxylic acid groups (broad SMARTS) is 1. The largest absolute Gasteiger partial charge is 0.492 e. The van der Waals surface area contributed by atoms with Crippen molar-refractivity contribution in [2.24, 2.45) is 5.92 Å². The van der Waals surface area contributed by atoms with Crippen LogP contribution in [0.4, 0.5) is 0 Å². The standard InChI is InChI=1S/C25H34N2O3/c1-3-5-7-9-19-12-14-25(15-13-19,24(28)29)22-10-11-23(30-16-8-6-4-2)21(18-27)20(22)17-26/h10-11,19H,3-9,12-16H2,1-2H3,(H,28,29). The van der Waals surface area contributed by atoms with Crippen molar-refractivity contribution in [2.75, 3.05) is 6.61 Å². The predicted octanol–water partition coefficient (Wildman–Crippen LogP) is 6.09. The van der Waals surface area contributed by atoms with E-state index < -0.39 is 11.4 Å². The summed E-state index contributed by atoms with van der Waals surface area (Å²) < 4.78 is 5.76. The molecule has 0 spiro atoms. The maximum Gasteiger partial charge on any atom is 0.314 e.